The highest BCUT2D eigenvalue weighted by atomic mass is 16.5. The lowest BCUT2D eigenvalue weighted by atomic mass is 10.1. The maximum atomic E-state index is 12.5. The third kappa shape index (κ3) is 5.70. The molecule has 7 heteroatoms. The number of ether oxygens (including phenoxy) is 1. The number of carboxylic acids is 1. The maximum absolute atomic E-state index is 12.5. The van der Waals surface area contributed by atoms with E-state index in [2.05, 4.69) is 10.6 Å². The zero-order valence-electron chi connectivity index (χ0n) is 16.9. The van der Waals surface area contributed by atoms with Gasteiger partial charge in [-0.2, -0.15) is 0 Å². The fourth-order valence-electron chi connectivity index (χ4n) is 2.83. The van der Waals surface area contributed by atoms with Gasteiger partial charge >= 0.3 is 5.97 Å². The summed E-state index contributed by atoms with van der Waals surface area (Å²) in [6.07, 6.45) is 0.873. The van der Waals surface area contributed by atoms with Crippen molar-refractivity contribution < 1.29 is 24.2 Å². The molecule has 0 aliphatic heterocycles. The molecule has 0 aliphatic rings. The number of aromatic carboxylic acids is 1. The standard InChI is InChI=1S/C24H22N2O5/c1-2-14-31-19-7-5-6-17(15-19)23(28)25-18-12-10-16(11-13-18)22(27)26-21-9-4-3-8-20(21)24(29)30/h3-13,15H,2,14H2,1H3,(H,25,28)(H,26,27)(H,29,30). The van der Waals surface area contributed by atoms with E-state index in [0.717, 1.165) is 6.42 Å². The number of hydrogen-bond donors (Lipinski definition) is 3. The molecular formula is C24H22N2O5. The molecule has 31 heavy (non-hydrogen) atoms. The normalized spacial score (nSPS) is 10.2. The first kappa shape index (κ1) is 21.6. The molecule has 0 aliphatic carbocycles. The van der Waals surface area contributed by atoms with Crippen LogP contribution in [0.3, 0.4) is 0 Å². The summed E-state index contributed by atoms with van der Waals surface area (Å²) in [5.41, 5.74) is 1.52. The number of para-hydroxylation sites is 1. The Labute approximate surface area is 179 Å². The highest BCUT2D eigenvalue weighted by Gasteiger charge is 2.13. The average molecular weight is 418 g/mol. The molecule has 0 aromatic heterocycles. The van der Waals surface area contributed by atoms with Gasteiger partial charge < -0.3 is 20.5 Å². The summed E-state index contributed by atoms with van der Waals surface area (Å²) < 4.78 is 5.55. The predicted octanol–water partition coefficient (Wildman–Crippen LogP) is 4.68. The van der Waals surface area contributed by atoms with Crippen LogP contribution in [0.2, 0.25) is 0 Å². The van der Waals surface area contributed by atoms with Gasteiger partial charge in [-0.05, 0) is 61.0 Å². The van der Waals surface area contributed by atoms with Crippen LogP contribution in [0, 0.1) is 0 Å². The van der Waals surface area contributed by atoms with Gasteiger partial charge in [0.1, 0.15) is 5.75 Å². The fraction of sp³-hybridized carbons (Fsp3) is 0.125. The smallest absolute Gasteiger partial charge is 0.337 e. The Balaban J connectivity index is 1.66. The van der Waals surface area contributed by atoms with Gasteiger partial charge in [0, 0.05) is 16.8 Å². The summed E-state index contributed by atoms with van der Waals surface area (Å²) in [4.78, 5) is 36.2. The lowest BCUT2D eigenvalue weighted by Crippen LogP contribution is -2.15. The number of carbonyl (C=O) groups is 3. The quantitative estimate of drug-likeness (QED) is 0.493. The van der Waals surface area contributed by atoms with Gasteiger partial charge in [-0.1, -0.05) is 25.1 Å². The lowest BCUT2D eigenvalue weighted by molar-refractivity contribution is 0.0697. The lowest BCUT2D eigenvalue weighted by Gasteiger charge is -2.10. The van der Waals surface area contributed by atoms with Gasteiger partial charge in [-0.25, -0.2) is 4.79 Å². The zero-order valence-corrected chi connectivity index (χ0v) is 16.9. The van der Waals surface area contributed by atoms with E-state index in [0.29, 0.717) is 29.2 Å². The summed E-state index contributed by atoms with van der Waals surface area (Å²) in [5.74, 6) is -1.25. The van der Waals surface area contributed by atoms with Crippen molar-refractivity contribution in [1.82, 2.24) is 0 Å². The van der Waals surface area contributed by atoms with Gasteiger partial charge in [0.25, 0.3) is 11.8 Å². The Bertz CT molecular complexity index is 1090. The number of nitrogens with one attached hydrogen (secondary N) is 2. The van der Waals surface area contributed by atoms with E-state index in [9.17, 15) is 19.5 Å². The largest absolute Gasteiger partial charge is 0.494 e. The number of anilines is 2. The van der Waals surface area contributed by atoms with Crippen LogP contribution in [0.5, 0.6) is 5.75 Å². The first-order valence-electron chi connectivity index (χ1n) is 9.76. The van der Waals surface area contributed by atoms with Crippen molar-refractivity contribution in [2.45, 2.75) is 13.3 Å². The molecule has 2 amide bonds. The second-order valence-corrected chi connectivity index (χ2v) is 6.71. The Morgan fingerprint density at radius 2 is 1.55 bits per heavy atom. The number of carboxylic acid groups (broad SMARTS) is 1. The molecule has 7 nitrogen and oxygen atoms in total. The second kappa shape index (κ2) is 10.1. The number of benzene rings is 3. The monoisotopic (exact) mass is 418 g/mol. The number of rotatable bonds is 8. The Kier molecular flexibility index (Phi) is 7.01. The number of hydrogen-bond acceptors (Lipinski definition) is 4. The van der Waals surface area contributed by atoms with E-state index >= 15 is 0 Å². The Morgan fingerprint density at radius 1 is 0.839 bits per heavy atom. The third-order valence-electron chi connectivity index (χ3n) is 4.38. The topological polar surface area (TPSA) is 105 Å². The van der Waals surface area contributed by atoms with E-state index < -0.39 is 11.9 Å². The van der Waals surface area contributed by atoms with Crippen LogP contribution in [0.4, 0.5) is 11.4 Å². The van der Waals surface area contributed by atoms with Crippen LogP contribution < -0.4 is 15.4 Å². The summed E-state index contributed by atoms with van der Waals surface area (Å²) in [5, 5.41) is 14.6. The van der Waals surface area contributed by atoms with Crippen molar-refractivity contribution in [3.05, 3.63) is 89.5 Å². The SMILES string of the molecule is CCCOc1cccc(C(=O)Nc2ccc(C(=O)Nc3ccccc3C(=O)O)cc2)c1. The van der Waals surface area contributed by atoms with Crippen LogP contribution in [0.15, 0.2) is 72.8 Å². The maximum Gasteiger partial charge on any atom is 0.337 e. The van der Waals surface area contributed by atoms with E-state index in [1.54, 1.807) is 60.7 Å². The van der Waals surface area contributed by atoms with E-state index in [4.69, 9.17) is 4.74 Å². The first-order valence-corrected chi connectivity index (χ1v) is 9.76. The van der Waals surface area contributed by atoms with Crippen molar-refractivity contribution in [3.8, 4) is 5.75 Å². The van der Waals surface area contributed by atoms with Crippen LogP contribution in [0.25, 0.3) is 0 Å². The first-order chi connectivity index (χ1) is 15.0. The minimum Gasteiger partial charge on any atom is -0.494 e. The van der Waals surface area contributed by atoms with Crippen LogP contribution >= 0.6 is 0 Å². The second-order valence-electron chi connectivity index (χ2n) is 6.71. The third-order valence-corrected chi connectivity index (χ3v) is 4.38. The summed E-state index contributed by atoms with van der Waals surface area (Å²) in [6, 6.07) is 19.4. The fourth-order valence-corrected chi connectivity index (χ4v) is 2.83. The Morgan fingerprint density at radius 3 is 2.26 bits per heavy atom. The molecule has 3 rings (SSSR count). The predicted molar refractivity (Wildman–Crippen MR) is 118 cm³/mol. The molecule has 0 unspecified atom stereocenters. The molecule has 3 aromatic rings. The van der Waals surface area contributed by atoms with Crippen molar-refractivity contribution in [1.29, 1.82) is 0 Å². The Hall–Kier alpha value is -4.13. The van der Waals surface area contributed by atoms with Crippen LogP contribution in [-0.2, 0) is 0 Å². The van der Waals surface area contributed by atoms with Crippen molar-refractivity contribution in [2.24, 2.45) is 0 Å². The van der Waals surface area contributed by atoms with Gasteiger partial charge in [0.2, 0.25) is 0 Å². The van der Waals surface area contributed by atoms with Crippen molar-refractivity contribution in [2.75, 3.05) is 17.2 Å². The molecule has 0 radical (unpaired) electrons. The highest BCUT2D eigenvalue weighted by molar-refractivity contribution is 6.08. The molecular weight excluding hydrogens is 396 g/mol. The molecule has 0 saturated carbocycles. The van der Waals surface area contributed by atoms with Gasteiger partial charge in [-0.3, -0.25) is 9.59 Å². The summed E-state index contributed by atoms with van der Waals surface area (Å²) in [7, 11) is 0. The minimum absolute atomic E-state index is 0.00452. The van der Waals surface area contributed by atoms with Gasteiger partial charge in [0.15, 0.2) is 0 Å². The molecule has 3 N–H and O–H groups in total. The van der Waals surface area contributed by atoms with Gasteiger partial charge in [0.05, 0.1) is 17.9 Å². The minimum atomic E-state index is -1.13. The molecule has 3 aromatic carbocycles. The molecule has 0 heterocycles. The van der Waals surface area contributed by atoms with E-state index in [1.807, 2.05) is 6.92 Å². The average Bonchev–Trinajstić information content (AvgIpc) is 2.78. The molecule has 0 atom stereocenters. The number of carbonyl (C=O) groups excluding carboxylic acids is 2. The van der Waals surface area contributed by atoms with E-state index in [1.165, 1.54) is 12.1 Å². The van der Waals surface area contributed by atoms with Gasteiger partial charge in [-0.15, -0.1) is 0 Å². The highest BCUT2D eigenvalue weighted by Crippen LogP contribution is 2.18. The van der Waals surface area contributed by atoms with Crippen LogP contribution in [0.1, 0.15) is 44.4 Å². The molecule has 158 valence electrons. The van der Waals surface area contributed by atoms with Crippen molar-refractivity contribution >= 4 is 29.2 Å². The van der Waals surface area contributed by atoms with Crippen molar-refractivity contribution in [3.63, 3.8) is 0 Å². The molecule has 0 fully saturated rings. The molecule has 0 saturated heterocycles. The molecule has 0 spiro atoms. The van der Waals surface area contributed by atoms with E-state index in [-0.39, 0.29) is 17.2 Å². The summed E-state index contributed by atoms with van der Waals surface area (Å²) >= 11 is 0. The van der Waals surface area contributed by atoms with Crippen LogP contribution in [-0.4, -0.2) is 29.5 Å². The number of amides is 2. The zero-order chi connectivity index (χ0) is 22.2. The molecule has 0 bridgehead atoms. The summed E-state index contributed by atoms with van der Waals surface area (Å²) in [6.45, 7) is 2.58.